The number of nitro groups is 1. The van der Waals surface area contributed by atoms with E-state index in [0.717, 1.165) is 0 Å². The van der Waals surface area contributed by atoms with Crippen LogP contribution in [0.15, 0.2) is 53.3 Å². The molecule has 0 N–H and O–H groups in total. The molecule has 0 saturated heterocycles. The van der Waals surface area contributed by atoms with Crippen molar-refractivity contribution < 1.29 is 9.31 Å². The molecule has 0 bridgehead atoms. The molecule has 2 aromatic carbocycles. The molecule has 3 rings (SSSR count). The summed E-state index contributed by atoms with van der Waals surface area (Å²) in [5, 5.41) is 14.9. The molecule has 1 heterocycles. The van der Waals surface area contributed by atoms with E-state index in [2.05, 4.69) is 26.0 Å². The van der Waals surface area contributed by atoms with Crippen LogP contribution in [-0.2, 0) is 0 Å². The molecule has 0 saturated carbocycles. The monoisotopic (exact) mass is 362 g/mol. The molecule has 0 unspecified atom stereocenters. The highest BCUT2D eigenvalue weighted by Gasteiger charge is 2.15. The van der Waals surface area contributed by atoms with Crippen LogP contribution in [0.25, 0.3) is 17.1 Å². The van der Waals surface area contributed by atoms with Crippen LogP contribution in [0.5, 0.6) is 0 Å². The van der Waals surface area contributed by atoms with Gasteiger partial charge in [0.2, 0.25) is 0 Å². The highest BCUT2D eigenvalue weighted by atomic mass is 79.9. The minimum atomic E-state index is -0.496. The van der Waals surface area contributed by atoms with E-state index in [0.29, 0.717) is 15.9 Å². The number of hydrogen-bond acceptors (Lipinski definition) is 4. The fourth-order valence-electron chi connectivity index (χ4n) is 2.03. The van der Waals surface area contributed by atoms with E-state index in [-0.39, 0.29) is 11.4 Å². The number of non-ortho nitro benzene ring substituents is 1. The smallest absolute Gasteiger partial charge is 0.258 e. The molecule has 0 aliphatic heterocycles. The van der Waals surface area contributed by atoms with Crippen LogP contribution in [0.1, 0.15) is 0 Å². The second-order valence-corrected chi connectivity index (χ2v) is 5.31. The lowest BCUT2D eigenvalue weighted by Crippen LogP contribution is -2.02. The van der Waals surface area contributed by atoms with E-state index in [9.17, 15) is 14.5 Å². The third-order valence-electron chi connectivity index (χ3n) is 3.00. The molecule has 6 nitrogen and oxygen atoms in total. The van der Waals surface area contributed by atoms with E-state index in [1.807, 2.05) is 0 Å². The lowest BCUT2D eigenvalue weighted by molar-refractivity contribution is -0.384. The van der Waals surface area contributed by atoms with E-state index in [1.54, 1.807) is 24.3 Å². The number of nitro benzene ring substituents is 1. The van der Waals surface area contributed by atoms with Gasteiger partial charge in [0.15, 0.2) is 5.82 Å². The van der Waals surface area contributed by atoms with Crippen molar-refractivity contribution in [2.75, 3.05) is 0 Å². The predicted molar refractivity (Wildman–Crippen MR) is 81.1 cm³/mol. The summed E-state index contributed by atoms with van der Waals surface area (Å²) >= 11 is 3.19. The zero-order valence-electron chi connectivity index (χ0n) is 11.0. The van der Waals surface area contributed by atoms with Gasteiger partial charge in [-0.05, 0) is 18.2 Å². The van der Waals surface area contributed by atoms with Crippen molar-refractivity contribution in [2.45, 2.75) is 0 Å². The van der Waals surface area contributed by atoms with Gasteiger partial charge in [-0.2, -0.15) is 5.10 Å². The number of hydrogen-bond donors (Lipinski definition) is 0. The van der Waals surface area contributed by atoms with Gasteiger partial charge in [-0.15, -0.1) is 0 Å². The molecule has 0 radical (unpaired) electrons. The maximum atomic E-state index is 14.1. The Morgan fingerprint density at radius 3 is 2.77 bits per heavy atom. The Morgan fingerprint density at radius 1 is 1.23 bits per heavy atom. The van der Waals surface area contributed by atoms with Gasteiger partial charge in [0.25, 0.3) is 5.69 Å². The Balaban J connectivity index is 2.13. The number of aromatic nitrogens is 3. The third-order valence-corrected chi connectivity index (χ3v) is 3.49. The van der Waals surface area contributed by atoms with Crippen LogP contribution in [0.2, 0.25) is 0 Å². The highest BCUT2D eigenvalue weighted by molar-refractivity contribution is 9.10. The molecule has 0 aliphatic rings. The average molecular weight is 363 g/mol. The number of benzene rings is 2. The van der Waals surface area contributed by atoms with Crippen LogP contribution in [0.4, 0.5) is 10.1 Å². The molecule has 0 spiro atoms. The molecular formula is C14H8BrFN4O2. The predicted octanol–water partition coefficient (Wildman–Crippen LogP) is 3.74. The summed E-state index contributed by atoms with van der Waals surface area (Å²) in [5.41, 5.74) is 0.625. The van der Waals surface area contributed by atoms with Crippen molar-refractivity contribution in [1.29, 1.82) is 0 Å². The topological polar surface area (TPSA) is 73.8 Å². The first kappa shape index (κ1) is 14.3. The highest BCUT2D eigenvalue weighted by Crippen LogP contribution is 2.26. The van der Waals surface area contributed by atoms with Gasteiger partial charge in [-0.25, -0.2) is 14.1 Å². The van der Waals surface area contributed by atoms with Gasteiger partial charge in [0, 0.05) is 22.2 Å². The summed E-state index contributed by atoms with van der Waals surface area (Å²) in [5.74, 6) is -0.156. The third kappa shape index (κ3) is 2.60. The SMILES string of the molecule is O=[N+]([O-])c1cccc(-c2ncnn2-c2ccc(Br)cc2F)c1. The summed E-state index contributed by atoms with van der Waals surface area (Å²) in [7, 11) is 0. The van der Waals surface area contributed by atoms with E-state index < -0.39 is 10.7 Å². The van der Waals surface area contributed by atoms with Gasteiger partial charge in [-0.3, -0.25) is 10.1 Å². The number of halogens is 2. The van der Waals surface area contributed by atoms with Crippen molar-refractivity contribution >= 4 is 21.6 Å². The fraction of sp³-hybridized carbons (Fsp3) is 0. The van der Waals surface area contributed by atoms with Crippen molar-refractivity contribution in [3.8, 4) is 17.1 Å². The zero-order valence-corrected chi connectivity index (χ0v) is 12.6. The van der Waals surface area contributed by atoms with Crippen molar-refractivity contribution in [2.24, 2.45) is 0 Å². The summed E-state index contributed by atoms with van der Waals surface area (Å²) in [6, 6.07) is 10.5. The Hall–Kier alpha value is -2.61. The zero-order chi connectivity index (χ0) is 15.7. The Morgan fingerprint density at radius 2 is 2.05 bits per heavy atom. The van der Waals surface area contributed by atoms with E-state index in [4.69, 9.17) is 0 Å². The molecule has 3 aromatic rings. The first-order valence-corrected chi connectivity index (χ1v) is 6.96. The molecule has 8 heteroatoms. The van der Waals surface area contributed by atoms with Gasteiger partial charge in [0.05, 0.1) is 4.92 Å². The van der Waals surface area contributed by atoms with E-state index in [1.165, 1.54) is 29.2 Å². The van der Waals surface area contributed by atoms with Gasteiger partial charge in [-0.1, -0.05) is 28.1 Å². The summed E-state index contributed by atoms with van der Waals surface area (Å²) in [6.07, 6.45) is 1.27. The van der Waals surface area contributed by atoms with Crippen molar-refractivity contribution in [3.63, 3.8) is 0 Å². The van der Waals surface area contributed by atoms with Crippen LogP contribution < -0.4 is 0 Å². The Labute approximate surface area is 132 Å². The lowest BCUT2D eigenvalue weighted by atomic mass is 10.2. The van der Waals surface area contributed by atoms with E-state index >= 15 is 0 Å². The molecule has 0 atom stereocenters. The van der Waals surface area contributed by atoms with Crippen molar-refractivity contribution in [1.82, 2.24) is 14.8 Å². The number of nitrogens with zero attached hydrogens (tertiary/aromatic N) is 4. The standard InChI is InChI=1S/C14H8BrFN4O2/c15-10-4-5-13(12(16)7-10)19-14(17-8-18-19)9-2-1-3-11(6-9)20(21)22/h1-8H. The van der Waals surface area contributed by atoms with Crippen LogP contribution in [0.3, 0.4) is 0 Å². The Bertz CT molecular complexity index is 866. The van der Waals surface area contributed by atoms with Crippen LogP contribution in [0, 0.1) is 15.9 Å². The second kappa shape index (κ2) is 5.64. The molecule has 0 aliphatic carbocycles. The fourth-order valence-corrected chi connectivity index (χ4v) is 2.36. The lowest BCUT2D eigenvalue weighted by Gasteiger charge is -2.07. The summed E-state index contributed by atoms with van der Waals surface area (Å²) in [6.45, 7) is 0. The average Bonchev–Trinajstić information content (AvgIpc) is 2.96. The van der Waals surface area contributed by atoms with Gasteiger partial charge in [0.1, 0.15) is 17.8 Å². The van der Waals surface area contributed by atoms with Crippen LogP contribution >= 0.6 is 15.9 Å². The quantitative estimate of drug-likeness (QED) is 0.525. The molecule has 0 amide bonds. The maximum Gasteiger partial charge on any atom is 0.270 e. The first-order valence-electron chi connectivity index (χ1n) is 6.16. The largest absolute Gasteiger partial charge is 0.270 e. The summed E-state index contributed by atoms with van der Waals surface area (Å²) in [4.78, 5) is 14.4. The minimum Gasteiger partial charge on any atom is -0.258 e. The first-order chi connectivity index (χ1) is 10.6. The molecule has 1 aromatic heterocycles. The molecule has 110 valence electrons. The molecule has 0 fully saturated rings. The molecular weight excluding hydrogens is 355 g/mol. The van der Waals surface area contributed by atoms with Crippen molar-refractivity contribution in [3.05, 3.63) is 69.2 Å². The minimum absolute atomic E-state index is 0.0664. The second-order valence-electron chi connectivity index (χ2n) is 4.40. The van der Waals surface area contributed by atoms with Crippen LogP contribution in [-0.4, -0.2) is 19.7 Å². The van der Waals surface area contributed by atoms with Gasteiger partial charge >= 0.3 is 0 Å². The maximum absolute atomic E-state index is 14.1. The van der Waals surface area contributed by atoms with Gasteiger partial charge < -0.3 is 0 Å². The normalized spacial score (nSPS) is 10.6. The number of rotatable bonds is 3. The molecule has 22 heavy (non-hydrogen) atoms. The summed E-state index contributed by atoms with van der Waals surface area (Å²) < 4.78 is 16.0. The Kier molecular flexibility index (Phi) is 3.68.